The number of unbranched alkanes of at least 4 members (excludes halogenated alkanes) is 27. The first-order chi connectivity index (χ1) is 22.6. The van der Waals surface area contributed by atoms with E-state index in [0.717, 1.165) is 38.5 Å². The zero-order chi connectivity index (χ0) is 33.8. The molecule has 0 aromatic carbocycles. The van der Waals surface area contributed by atoms with E-state index in [-0.39, 0.29) is 12.5 Å². The molecule has 0 radical (unpaired) electrons. The summed E-state index contributed by atoms with van der Waals surface area (Å²) < 4.78 is 0. The molecule has 3 unspecified atom stereocenters. The van der Waals surface area contributed by atoms with Crippen molar-refractivity contribution < 1.29 is 20.1 Å². The first-order valence-electron chi connectivity index (χ1n) is 20.5. The van der Waals surface area contributed by atoms with Gasteiger partial charge in [-0.3, -0.25) is 4.79 Å². The summed E-state index contributed by atoms with van der Waals surface area (Å²) in [5.74, 6) is -0.152. The second kappa shape index (κ2) is 36.9. The topological polar surface area (TPSA) is 89.8 Å². The first-order valence-corrected chi connectivity index (χ1v) is 20.5. The molecule has 0 fully saturated rings. The second-order valence-corrected chi connectivity index (χ2v) is 14.2. The summed E-state index contributed by atoms with van der Waals surface area (Å²) in [4.78, 5) is 12.4. The Bertz CT molecular complexity index is 640. The Morgan fingerprint density at radius 1 is 0.522 bits per heavy atom. The van der Waals surface area contributed by atoms with Crippen molar-refractivity contribution in [3.05, 3.63) is 12.2 Å². The molecule has 4 N–H and O–H groups in total. The van der Waals surface area contributed by atoms with E-state index in [1.54, 1.807) is 0 Å². The summed E-state index contributed by atoms with van der Waals surface area (Å²) in [5, 5.41) is 33.4. The maximum atomic E-state index is 12.4. The predicted molar refractivity (Wildman–Crippen MR) is 199 cm³/mol. The van der Waals surface area contributed by atoms with Gasteiger partial charge < -0.3 is 20.6 Å². The summed E-state index contributed by atoms with van der Waals surface area (Å²) in [6.07, 6.45) is 41.7. The zero-order valence-electron chi connectivity index (χ0n) is 31.0. The van der Waals surface area contributed by atoms with Gasteiger partial charge in [0.25, 0.3) is 0 Å². The summed E-state index contributed by atoms with van der Waals surface area (Å²) >= 11 is 0. The quantitative estimate of drug-likeness (QED) is 0.0397. The highest BCUT2D eigenvalue weighted by atomic mass is 16.3. The number of hydrogen-bond donors (Lipinski definition) is 4. The van der Waals surface area contributed by atoms with Gasteiger partial charge >= 0.3 is 0 Å². The Hall–Kier alpha value is -0.910. The Kier molecular flexibility index (Phi) is 36.2. The molecule has 0 aromatic rings. The summed E-state index contributed by atoms with van der Waals surface area (Å²) in [6, 6.07) is -0.819. The van der Waals surface area contributed by atoms with Crippen LogP contribution in [0.3, 0.4) is 0 Å². The van der Waals surface area contributed by atoms with Crippen LogP contribution in [0.15, 0.2) is 12.2 Å². The van der Waals surface area contributed by atoms with E-state index >= 15 is 0 Å². The first kappa shape index (κ1) is 45.1. The van der Waals surface area contributed by atoms with E-state index in [1.165, 1.54) is 154 Å². The highest BCUT2D eigenvalue weighted by molar-refractivity contribution is 5.76. The van der Waals surface area contributed by atoms with Gasteiger partial charge in [0.05, 0.1) is 18.8 Å². The van der Waals surface area contributed by atoms with Gasteiger partial charge in [0, 0.05) is 6.42 Å². The average molecular weight is 652 g/mol. The van der Waals surface area contributed by atoms with Crippen LogP contribution in [0.25, 0.3) is 0 Å². The van der Waals surface area contributed by atoms with E-state index in [2.05, 4.69) is 31.3 Å². The molecule has 3 atom stereocenters. The maximum absolute atomic E-state index is 12.4. The van der Waals surface area contributed by atoms with E-state index in [1.807, 2.05) is 0 Å². The molecule has 0 aromatic heterocycles. The SMILES string of the molecule is CCCCCCCCCCCCC/C=C/CCCC(O)C(O)C(CO)NC(=O)CCCCCCCCCCCCCCCCCC. The molecule has 5 nitrogen and oxygen atoms in total. The van der Waals surface area contributed by atoms with Crippen LogP contribution in [0, 0.1) is 0 Å². The van der Waals surface area contributed by atoms with E-state index in [0.29, 0.717) is 12.8 Å². The molecule has 0 saturated heterocycles. The van der Waals surface area contributed by atoms with E-state index in [9.17, 15) is 20.1 Å². The lowest BCUT2D eigenvalue weighted by Gasteiger charge is -2.26. The molecule has 0 saturated carbocycles. The third-order valence-corrected chi connectivity index (χ3v) is 9.62. The number of nitrogens with one attached hydrogen (secondary N) is 1. The van der Waals surface area contributed by atoms with Gasteiger partial charge in [0.2, 0.25) is 5.91 Å². The van der Waals surface area contributed by atoms with Crippen molar-refractivity contribution in [3.63, 3.8) is 0 Å². The van der Waals surface area contributed by atoms with Gasteiger partial charge in [-0.05, 0) is 38.5 Å². The predicted octanol–water partition coefficient (Wildman–Crippen LogP) is 11.3. The van der Waals surface area contributed by atoms with Gasteiger partial charge in [0.1, 0.15) is 6.10 Å². The van der Waals surface area contributed by atoms with Crippen molar-refractivity contribution in [2.75, 3.05) is 6.61 Å². The molecule has 0 heterocycles. The number of aliphatic hydroxyl groups is 3. The standard InChI is InChI=1S/C41H81NO4/c1-3-5-7-9-11-13-15-17-19-21-23-25-27-29-31-33-35-39(44)41(46)38(37-43)42-40(45)36-34-32-30-28-26-24-22-20-18-16-14-12-10-8-6-4-2/h27,29,38-39,41,43-44,46H,3-26,28,30-37H2,1-2H3,(H,42,45)/b29-27+. The summed E-state index contributed by atoms with van der Waals surface area (Å²) in [7, 11) is 0. The fourth-order valence-corrected chi connectivity index (χ4v) is 6.40. The van der Waals surface area contributed by atoms with Crippen LogP contribution in [-0.4, -0.2) is 46.1 Å². The van der Waals surface area contributed by atoms with Crippen LogP contribution in [0.2, 0.25) is 0 Å². The molecule has 1 amide bonds. The van der Waals surface area contributed by atoms with Crippen LogP contribution in [-0.2, 0) is 4.79 Å². The molecule has 0 spiro atoms. The van der Waals surface area contributed by atoms with Gasteiger partial charge in [0.15, 0.2) is 0 Å². The Morgan fingerprint density at radius 3 is 1.26 bits per heavy atom. The summed E-state index contributed by atoms with van der Waals surface area (Å²) in [5.41, 5.74) is 0. The van der Waals surface area contributed by atoms with Crippen molar-refractivity contribution in [1.29, 1.82) is 0 Å². The van der Waals surface area contributed by atoms with Crippen molar-refractivity contribution in [2.45, 2.75) is 238 Å². The fourth-order valence-electron chi connectivity index (χ4n) is 6.40. The molecule has 5 heteroatoms. The number of amides is 1. The smallest absolute Gasteiger partial charge is 0.220 e. The molecule has 0 rings (SSSR count). The minimum absolute atomic E-state index is 0.152. The number of allylic oxidation sites excluding steroid dienone is 2. The number of aliphatic hydroxyl groups excluding tert-OH is 3. The lowest BCUT2D eigenvalue weighted by atomic mass is 10.0. The highest BCUT2D eigenvalue weighted by Gasteiger charge is 2.26. The Balaban J connectivity index is 3.67. The van der Waals surface area contributed by atoms with Gasteiger partial charge in [-0.25, -0.2) is 0 Å². The maximum Gasteiger partial charge on any atom is 0.220 e. The van der Waals surface area contributed by atoms with Crippen molar-refractivity contribution in [3.8, 4) is 0 Å². The highest BCUT2D eigenvalue weighted by Crippen LogP contribution is 2.15. The normalized spacial score (nSPS) is 13.8. The number of carbonyl (C=O) groups excluding carboxylic acids is 1. The molecule has 46 heavy (non-hydrogen) atoms. The monoisotopic (exact) mass is 652 g/mol. The van der Waals surface area contributed by atoms with Gasteiger partial charge in [-0.15, -0.1) is 0 Å². The molecule has 0 aliphatic carbocycles. The van der Waals surface area contributed by atoms with Gasteiger partial charge in [-0.2, -0.15) is 0 Å². The third-order valence-electron chi connectivity index (χ3n) is 9.62. The number of carbonyl (C=O) groups is 1. The average Bonchev–Trinajstić information content (AvgIpc) is 3.06. The Morgan fingerprint density at radius 2 is 0.870 bits per heavy atom. The lowest BCUT2D eigenvalue weighted by Crippen LogP contribution is -2.50. The van der Waals surface area contributed by atoms with Crippen LogP contribution in [0.5, 0.6) is 0 Å². The fraction of sp³-hybridized carbons (Fsp3) is 0.927. The van der Waals surface area contributed by atoms with Crippen molar-refractivity contribution >= 4 is 5.91 Å². The van der Waals surface area contributed by atoms with Crippen LogP contribution in [0.4, 0.5) is 0 Å². The lowest BCUT2D eigenvalue weighted by molar-refractivity contribution is -0.124. The number of hydrogen-bond acceptors (Lipinski definition) is 4. The molecule has 0 aliphatic rings. The van der Waals surface area contributed by atoms with Crippen LogP contribution >= 0.6 is 0 Å². The molecule has 274 valence electrons. The third kappa shape index (κ3) is 31.7. The van der Waals surface area contributed by atoms with Crippen molar-refractivity contribution in [1.82, 2.24) is 5.32 Å². The Labute approximate surface area is 287 Å². The minimum Gasteiger partial charge on any atom is -0.394 e. The number of rotatable bonds is 37. The molecular formula is C41H81NO4. The van der Waals surface area contributed by atoms with E-state index in [4.69, 9.17) is 0 Å². The minimum atomic E-state index is -1.15. The second-order valence-electron chi connectivity index (χ2n) is 14.2. The molecular weight excluding hydrogens is 570 g/mol. The van der Waals surface area contributed by atoms with Crippen molar-refractivity contribution in [2.24, 2.45) is 0 Å². The summed E-state index contributed by atoms with van der Waals surface area (Å²) in [6.45, 7) is 4.17. The molecule has 0 bridgehead atoms. The van der Waals surface area contributed by atoms with Crippen LogP contribution < -0.4 is 5.32 Å². The van der Waals surface area contributed by atoms with E-state index < -0.39 is 18.2 Å². The molecule has 0 aliphatic heterocycles. The zero-order valence-corrected chi connectivity index (χ0v) is 31.0. The van der Waals surface area contributed by atoms with Crippen LogP contribution in [0.1, 0.15) is 219 Å². The van der Waals surface area contributed by atoms with Gasteiger partial charge in [-0.1, -0.05) is 187 Å². The largest absolute Gasteiger partial charge is 0.394 e.